The van der Waals surface area contributed by atoms with Crippen LogP contribution in [0.4, 0.5) is 0 Å². The second-order valence-corrected chi connectivity index (χ2v) is 3.87. The Kier molecular flexibility index (Phi) is 2.66. The molecule has 0 fully saturated rings. The molecule has 0 aliphatic carbocycles. The number of rotatable bonds is 2. The Morgan fingerprint density at radius 3 is 2.81 bits per heavy atom. The Balaban J connectivity index is 2.74. The number of hydrogen-bond acceptors (Lipinski definition) is 2. The van der Waals surface area contributed by atoms with E-state index in [2.05, 4.69) is 0 Å². The van der Waals surface area contributed by atoms with Crippen molar-refractivity contribution in [3.63, 3.8) is 0 Å². The molecule has 5 heteroatoms. The fraction of sp³-hybridized carbons (Fsp3) is 0.0909. The largest absolute Gasteiger partial charge is 0.368 e. The predicted octanol–water partition coefficient (Wildman–Crippen LogP) is 1.14. The molecular weight excluding hydrogens is 228 g/mol. The molecule has 1 aromatic carbocycles. The van der Waals surface area contributed by atoms with E-state index in [4.69, 9.17) is 17.3 Å². The van der Waals surface area contributed by atoms with E-state index in [9.17, 15) is 9.59 Å². The highest BCUT2D eigenvalue weighted by Gasteiger charge is 2.05. The Morgan fingerprint density at radius 2 is 2.12 bits per heavy atom. The number of carbonyl (C=O) groups excluding carboxylic acids is 1. The quantitative estimate of drug-likeness (QED) is 0.850. The topological polar surface area (TPSA) is 65.1 Å². The van der Waals surface area contributed by atoms with Gasteiger partial charge < -0.3 is 10.3 Å². The summed E-state index contributed by atoms with van der Waals surface area (Å²) in [5.74, 6) is -0.458. The SMILES string of the molecule is NC(=O)Cn1ccc(=O)c2cc(Cl)ccc21. The average Bonchev–Trinajstić information content (AvgIpc) is 2.22. The smallest absolute Gasteiger partial charge is 0.237 e. The Bertz CT molecular complexity index is 619. The number of benzene rings is 1. The van der Waals surface area contributed by atoms with Crippen molar-refractivity contribution in [2.24, 2.45) is 5.73 Å². The zero-order valence-electron chi connectivity index (χ0n) is 8.31. The molecule has 0 aliphatic heterocycles. The highest BCUT2D eigenvalue weighted by Crippen LogP contribution is 2.16. The third-order valence-corrected chi connectivity index (χ3v) is 2.50. The summed E-state index contributed by atoms with van der Waals surface area (Å²) in [7, 11) is 0. The van der Waals surface area contributed by atoms with Gasteiger partial charge in [0.25, 0.3) is 0 Å². The summed E-state index contributed by atoms with van der Waals surface area (Å²) >= 11 is 5.81. The summed E-state index contributed by atoms with van der Waals surface area (Å²) in [5, 5.41) is 0.970. The minimum absolute atomic E-state index is 0.0401. The van der Waals surface area contributed by atoms with Crippen molar-refractivity contribution in [3.05, 3.63) is 45.7 Å². The number of nitrogens with two attached hydrogens (primary N) is 1. The first-order valence-corrected chi connectivity index (χ1v) is 5.03. The number of halogens is 1. The zero-order valence-corrected chi connectivity index (χ0v) is 9.07. The van der Waals surface area contributed by atoms with Crippen molar-refractivity contribution in [2.45, 2.75) is 6.54 Å². The highest BCUT2D eigenvalue weighted by molar-refractivity contribution is 6.31. The lowest BCUT2D eigenvalue weighted by Gasteiger charge is -2.08. The summed E-state index contributed by atoms with van der Waals surface area (Å²) in [6, 6.07) is 6.33. The van der Waals surface area contributed by atoms with Gasteiger partial charge in [-0.2, -0.15) is 0 Å². The Hall–Kier alpha value is -1.81. The average molecular weight is 237 g/mol. The molecule has 0 bridgehead atoms. The van der Waals surface area contributed by atoms with Gasteiger partial charge in [0.15, 0.2) is 5.43 Å². The molecule has 82 valence electrons. The highest BCUT2D eigenvalue weighted by atomic mass is 35.5. The van der Waals surface area contributed by atoms with Crippen LogP contribution in [-0.2, 0) is 11.3 Å². The lowest BCUT2D eigenvalue weighted by Crippen LogP contribution is -2.20. The molecule has 0 aliphatic rings. The van der Waals surface area contributed by atoms with Crippen molar-refractivity contribution in [1.82, 2.24) is 4.57 Å². The molecule has 0 spiro atoms. The van der Waals surface area contributed by atoms with Crippen LogP contribution in [0, 0.1) is 0 Å². The van der Waals surface area contributed by atoms with Gasteiger partial charge in [-0.15, -0.1) is 0 Å². The van der Waals surface area contributed by atoms with Crippen LogP contribution in [0.1, 0.15) is 0 Å². The van der Waals surface area contributed by atoms with Crippen LogP contribution in [0.25, 0.3) is 10.9 Å². The van der Waals surface area contributed by atoms with Gasteiger partial charge >= 0.3 is 0 Å². The van der Waals surface area contributed by atoms with Crippen molar-refractivity contribution in [2.75, 3.05) is 0 Å². The first-order chi connectivity index (χ1) is 7.58. The van der Waals surface area contributed by atoms with E-state index < -0.39 is 5.91 Å². The summed E-state index contributed by atoms with van der Waals surface area (Å²) in [6.45, 7) is 0.0401. The van der Waals surface area contributed by atoms with Gasteiger partial charge in [0.1, 0.15) is 6.54 Å². The van der Waals surface area contributed by atoms with E-state index in [0.29, 0.717) is 15.9 Å². The second kappa shape index (κ2) is 3.98. The van der Waals surface area contributed by atoms with Crippen LogP contribution in [0.2, 0.25) is 5.02 Å². The summed E-state index contributed by atoms with van der Waals surface area (Å²) in [6.07, 6.45) is 1.54. The van der Waals surface area contributed by atoms with Gasteiger partial charge in [0.05, 0.1) is 5.52 Å². The number of nitrogens with zero attached hydrogens (tertiary/aromatic N) is 1. The standard InChI is InChI=1S/C11H9ClN2O2/c12-7-1-2-9-8(5-7)10(15)3-4-14(9)6-11(13)16/h1-5H,6H2,(H2,13,16). The Labute approximate surface area is 96.2 Å². The van der Waals surface area contributed by atoms with Gasteiger partial charge in [-0.25, -0.2) is 0 Å². The monoisotopic (exact) mass is 236 g/mol. The molecule has 16 heavy (non-hydrogen) atoms. The molecule has 0 saturated carbocycles. The molecule has 2 rings (SSSR count). The molecule has 0 saturated heterocycles. The van der Waals surface area contributed by atoms with Gasteiger partial charge in [-0.05, 0) is 18.2 Å². The number of aromatic nitrogens is 1. The lowest BCUT2D eigenvalue weighted by atomic mass is 10.2. The molecule has 0 unspecified atom stereocenters. The van der Waals surface area contributed by atoms with E-state index in [1.165, 1.54) is 6.07 Å². The molecule has 1 amide bonds. The number of pyridine rings is 1. The summed E-state index contributed by atoms with van der Waals surface area (Å²) < 4.78 is 1.62. The van der Waals surface area contributed by atoms with Crippen LogP contribution < -0.4 is 11.2 Å². The normalized spacial score (nSPS) is 10.6. The fourth-order valence-electron chi connectivity index (χ4n) is 1.59. The molecule has 1 heterocycles. The number of primary amides is 1. The minimum Gasteiger partial charge on any atom is -0.368 e. The maximum absolute atomic E-state index is 11.6. The molecule has 1 aromatic heterocycles. The molecule has 0 atom stereocenters. The van der Waals surface area contributed by atoms with Crippen LogP contribution in [0.3, 0.4) is 0 Å². The van der Waals surface area contributed by atoms with Gasteiger partial charge in [0, 0.05) is 22.7 Å². The third kappa shape index (κ3) is 1.92. The number of carbonyl (C=O) groups is 1. The first-order valence-electron chi connectivity index (χ1n) is 4.65. The van der Waals surface area contributed by atoms with E-state index in [1.54, 1.807) is 29.0 Å². The van der Waals surface area contributed by atoms with E-state index in [1.807, 2.05) is 0 Å². The number of amides is 1. The van der Waals surface area contributed by atoms with Gasteiger partial charge in [0.2, 0.25) is 5.91 Å². The van der Waals surface area contributed by atoms with Crippen LogP contribution in [0.5, 0.6) is 0 Å². The van der Waals surface area contributed by atoms with Crippen molar-refractivity contribution < 1.29 is 4.79 Å². The predicted molar refractivity (Wildman–Crippen MR) is 62.4 cm³/mol. The number of fused-ring (bicyclic) bond motifs is 1. The van der Waals surface area contributed by atoms with Gasteiger partial charge in [-0.3, -0.25) is 9.59 Å². The van der Waals surface area contributed by atoms with Crippen LogP contribution in [0.15, 0.2) is 35.3 Å². The Morgan fingerprint density at radius 1 is 1.38 bits per heavy atom. The number of hydrogen-bond donors (Lipinski definition) is 1. The molecule has 2 N–H and O–H groups in total. The summed E-state index contributed by atoms with van der Waals surface area (Å²) in [5.41, 5.74) is 5.64. The van der Waals surface area contributed by atoms with Crippen molar-refractivity contribution >= 4 is 28.4 Å². The molecule has 0 radical (unpaired) electrons. The zero-order chi connectivity index (χ0) is 11.7. The maximum atomic E-state index is 11.6. The van der Waals surface area contributed by atoms with Crippen molar-refractivity contribution in [1.29, 1.82) is 0 Å². The lowest BCUT2D eigenvalue weighted by molar-refractivity contribution is -0.118. The summed E-state index contributed by atoms with van der Waals surface area (Å²) in [4.78, 5) is 22.4. The van der Waals surface area contributed by atoms with Gasteiger partial charge in [-0.1, -0.05) is 11.6 Å². The van der Waals surface area contributed by atoms with Crippen LogP contribution in [-0.4, -0.2) is 10.5 Å². The third-order valence-electron chi connectivity index (χ3n) is 2.27. The fourth-order valence-corrected chi connectivity index (χ4v) is 1.76. The van der Waals surface area contributed by atoms with Crippen molar-refractivity contribution in [3.8, 4) is 0 Å². The maximum Gasteiger partial charge on any atom is 0.237 e. The second-order valence-electron chi connectivity index (χ2n) is 3.44. The molecule has 4 nitrogen and oxygen atoms in total. The molecule has 2 aromatic rings. The molecular formula is C11H9ClN2O2. The van der Waals surface area contributed by atoms with E-state index in [0.717, 1.165) is 0 Å². The van der Waals surface area contributed by atoms with Crippen LogP contribution >= 0.6 is 11.6 Å². The minimum atomic E-state index is -0.458. The van der Waals surface area contributed by atoms with E-state index >= 15 is 0 Å². The van der Waals surface area contributed by atoms with E-state index in [-0.39, 0.29) is 12.0 Å². The first kappa shape index (κ1) is 10.7.